The van der Waals surface area contributed by atoms with E-state index in [1.807, 2.05) is 0 Å². The zero-order chi connectivity index (χ0) is 13.8. The van der Waals surface area contributed by atoms with E-state index in [9.17, 15) is 4.79 Å². The van der Waals surface area contributed by atoms with Crippen molar-refractivity contribution >= 4 is 5.91 Å². The van der Waals surface area contributed by atoms with Crippen LogP contribution in [0.15, 0.2) is 0 Å². The van der Waals surface area contributed by atoms with Crippen molar-refractivity contribution in [1.29, 1.82) is 0 Å². The van der Waals surface area contributed by atoms with E-state index in [0.29, 0.717) is 18.3 Å². The fourth-order valence-corrected chi connectivity index (χ4v) is 1.51. The molecule has 3 atom stereocenters. The van der Waals surface area contributed by atoms with Crippen molar-refractivity contribution in [1.82, 2.24) is 5.32 Å². The first-order valence-electron chi connectivity index (χ1n) is 6.71. The number of rotatable bonds is 6. The molecule has 0 aliphatic carbocycles. The Morgan fingerprint density at radius 2 is 1.71 bits per heavy atom. The number of hydrogen-bond acceptors (Lipinski definition) is 2. The minimum absolute atomic E-state index is 0.0323. The van der Waals surface area contributed by atoms with Crippen LogP contribution >= 0.6 is 0 Å². The highest BCUT2D eigenvalue weighted by molar-refractivity contribution is 5.76. The fourth-order valence-electron chi connectivity index (χ4n) is 1.51. The predicted octanol–water partition coefficient (Wildman–Crippen LogP) is 3.24. The van der Waals surface area contributed by atoms with Crippen LogP contribution in [-0.2, 0) is 9.53 Å². The van der Waals surface area contributed by atoms with Crippen molar-refractivity contribution in [2.24, 2.45) is 11.8 Å². The molecule has 0 spiro atoms. The molecule has 1 amide bonds. The van der Waals surface area contributed by atoms with Crippen LogP contribution < -0.4 is 5.32 Å². The lowest BCUT2D eigenvalue weighted by Gasteiger charge is -2.26. The van der Waals surface area contributed by atoms with Crippen molar-refractivity contribution in [3.8, 4) is 0 Å². The summed E-state index contributed by atoms with van der Waals surface area (Å²) >= 11 is 0. The largest absolute Gasteiger partial charge is 0.381 e. The molecule has 0 heterocycles. The third kappa shape index (κ3) is 9.16. The first-order chi connectivity index (χ1) is 7.98. The fraction of sp³-hybridized carbons (Fsp3) is 0.929. The molecule has 0 unspecified atom stereocenters. The van der Waals surface area contributed by atoms with E-state index >= 15 is 0 Å². The standard InChI is InChI=1S/C11H23NO2.C3H8/c1-6-8(2)9(3)10(14-5)7-11(13)12-4;1-3-2/h8-10H,6-7H2,1-5H3,(H,12,13);3H2,1-2H3/t8-,9-,10+;/m0./s1. The first kappa shape index (κ1) is 18.8. The lowest BCUT2D eigenvalue weighted by molar-refractivity contribution is -0.124. The van der Waals surface area contributed by atoms with Gasteiger partial charge < -0.3 is 10.1 Å². The Balaban J connectivity index is 0. The van der Waals surface area contributed by atoms with Gasteiger partial charge in [-0.3, -0.25) is 4.79 Å². The van der Waals surface area contributed by atoms with E-state index in [1.165, 1.54) is 6.42 Å². The summed E-state index contributed by atoms with van der Waals surface area (Å²) in [4.78, 5) is 11.2. The molecule has 17 heavy (non-hydrogen) atoms. The maximum absolute atomic E-state index is 11.2. The average Bonchev–Trinajstić information content (AvgIpc) is 2.34. The molecule has 0 fully saturated rings. The molecule has 3 heteroatoms. The first-order valence-corrected chi connectivity index (χ1v) is 6.71. The molecule has 0 aromatic heterocycles. The summed E-state index contributed by atoms with van der Waals surface area (Å²) in [5, 5.41) is 2.62. The molecular formula is C14H31NO2. The second-order valence-corrected chi connectivity index (χ2v) is 4.60. The van der Waals surface area contributed by atoms with Crippen LogP contribution in [-0.4, -0.2) is 26.2 Å². The van der Waals surface area contributed by atoms with Gasteiger partial charge in [0.2, 0.25) is 5.91 Å². The molecular weight excluding hydrogens is 214 g/mol. The molecule has 0 radical (unpaired) electrons. The second-order valence-electron chi connectivity index (χ2n) is 4.60. The Labute approximate surface area is 107 Å². The van der Waals surface area contributed by atoms with E-state index in [1.54, 1.807) is 14.2 Å². The monoisotopic (exact) mass is 245 g/mol. The molecule has 0 aliphatic rings. The number of amides is 1. The van der Waals surface area contributed by atoms with Crippen LogP contribution in [0.5, 0.6) is 0 Å². The van der Waals surface area contributed by atoms with Gasteiger partial charge in [-0.1, -0.05) is 47.5 Å². The molecule has 0 aliphatic heterocycles. The quantitative estimate of drug-likeness (QED) is 0.780. The Morgan fingerprint density at radius 3 is 2.00 bits per heavy atom. The van der Waals surface area contributed by atoms with Crippen LogP contribution in [0.25, 0.3) is 0 Å². The van der Waals surface area contributed by atoms with Gasteiger partial charge >= 0.3 is 0 Å². The smallest absolute Gasteiger partial charge is 0.222 e. The molecule has 1 N–H and O–H groups in total. The number of carbonyl (C=O) groups excluding carboxylic acids is 1. The van der Waals surface area contributed by atoms with Gasteiger partial charge in [0.15, 0.2) is 0 Å². The molecule has 0 aromatic carbocycles. The summed E-state index contributed by atoms with van der Waals surface area (Å²) in [6, 6.07) is 0. The van der Waals surface area contributed by atoms with Crippen LogP contribution in [0.2, 0.25) is 0 Å². The Bertz CT molecular complexity index is 183. The summed E-state index contributed by atoms with van der Waals surface area (Å²) in [5.74, 6) is 1.05. The van der Waals surface area contributed by atoms with Gasteiger partial charge in [0, 0.05) is 14.2 Å². The van der Waals surface area contributed by atoms with Crippen molar-refractivity contribution in [2.75, 3.05) is 14.2 Å². The second kappa shape index (κ2) is 11.9. The van der Waals surface area contributed by atoms with Gasteiger partial charge in [-0.25, -0.2) is 0 Å². The molecule has 0 rings (SSSR count). The molecule has 0 saturated heterocycles. The van der Waals surface area contributed by atoms with E-state index < -0.39 is 0 Å². The van der Waals surface area contributed by atoms with E-state index in [-0.39, 0.29) is 12.0 Å². The number of nitrogens with one attached hydrogen (secondary N) is 1. The number of ether oxygens (including phenoxy) is 1. The topological polar surface area (TPSA) is 38.3 Å². The van der Waals surface area contributed by atoms with E-state index in [4.69, 9.17) is 4.74 Å². The van der Waals surface area contributed by atoms with E-state index in [2.05, 4.69) is 39.9 Å². The van der Waals surface area contributed by atoms with Crippen molar-refractivity contribution in [3.63, 3.8) is 0 Å². The highest BCUT2D eigenvalue weighted by Gasteiger charge is 2.23. The van der Waals surface area contributed by atoms with Crippen LogP contribution in [0.4, 0.5) is 0 Å². The number of hydrogen-bond donors (Lipinski definition) is 1. The zero-order valence-corrected chi connectivity index (χ0v) is 12.7. The summed E-state index contributed by atoms with van der Waals surface area (Å²) in [5.41, 5.74) is 0. The maximum Gasteiger partial charge on any atom is 0.222 e. The third-order valence-electron chi connectivity index (χ3n) is 3.10. The van der Waals surface area contributed by atoms with Gasteiger partial charge in [-0.15, -0.1) is 0 Å². The van der Waals surface area contributed by atoms with Crippen LogP contribution in [0, 0.1) is 11.8 Å². The summed E-state index contributed by atoms with van der Waals surface area (Å²) in [6.45, 7) is 10.7. The third-order valence-corrected chi connectivity index (χ3v) is 3.10. The molecule has 0 bridgehead atoms. The summed E-state index contributed by atoms with van der Waals surface area (Å²) in [7, 11) is 3.33. The SMILES string of the molecule is CCC.CC[C@H](C)[C@H](C)[C@@H](CC(=O)NC)OC. The average molecular weight is 245 g/mol. The number of carbonyl (C=O) groups is 1. The zero-order valence-electron chi connectivity index (χ0n) is 12.7. The van der Waals surface area contributed by atoms with E-state index in [0.717, 1.165) is 6.42 Å². The lowest BCUT2D eigenvalue weighted by Crippen LogP contribution is -2.32. The number of methoxy groups -OCH3 is 1. The van der Waals surface area contributed by atoms with Crippen LogP contribution in [0.1, 0.15) is 53.9 Å². The van der Waals surface area contributed by atoms with Gasteiger partial charge in [0.05, 0.1) is 12.5 Å². The summed E-state index contributed by atoms with van der Waals surface area (Å²) in [6.07, 6.45) is 2.86. The Hall–Kier alpha value is -0.570. The lowest BCUT2D eigenvalue weighted by atomic mass is 9.87. The molecule has 0 aromatic rings. The van der Waals surface area contributed by atoms with Crippen molar-refractivity contribution in [3.05, 3.63) is 0 Å². The predicted molar refractivity (Wildman–Crippen MR) is 74.1 cm³/mol. The van der Waals surface area contributed by atoms with Gasteiger partial charge in [-0.2, -0.15) is 0 Å². The normalized spacial score (nSPS) is 15.2. The molecule has 3 nitrogen and oxygen atoms in total. The Kier molecular flexibility index (Phi) is 13.2. The van der Waals surface area contributed by atoms with Gasteiger partial charge in [0.25, 0.3) is 0 Å². The molecule has 104 valence electrons. The minimum Gasteiger partial charge on any atom is -0.381 e. The summed E-state index contributed by atoms with van der Waals surface area (Å²) < 4.78 is 5.35. The highest BCUT2D eigenvalue weighted by atomic mass is 16.5. The minimum atomic E-state index is 0.0323. The Morgan fingerprint density at radius 1 is 1.24 bits per heavy atom. The maximum atomic E-state index is 11.2. The van der Waals surface area contributed by atoms with Crippen molar-refractivity contribution in [2.45, 2.75) is 60.0 Å². The highest BCUT2D eigenvalue weighted by Crippen LogP contribution is 2.22. The van der Waals surface area contributed by atoms with Crippen LogP contribution in [0.3, 0.4) is 0 Å². The van der Waals surface area contributed by atoms with Crippen molar-refractivity contribution < 1.29 is 9.53 Å². The van der Waals surface area contributed by atoms with Gasteiger partial charge in [0.1, 0.15) is 0 Å². The molecule has 0 saturated carbocycles. The van der Waals surface area contributed by atoms with Gasteiger partial charge in [-0.05, 0) is 11.8 Å².